The molecule has 0 saturated heterocycles. The van der Waals surface area contributed by atoms with Crippen LogP contribution in [0.25, 0.3) is 10.2 Å². The van der Waals surface area contributed by atoms with Crippen molar-refractivity contribution in [2.24, 2.45) is 0 Å². The molecule has 1 aliphatic rings. The van der Waals surface area contributed by atoms with Crippen molar-refractivity contribution in [2.45, 2.75) is 78.8 Å². The zero-order valence-corrected chi connectivity index (χ0v) is 18.9. The zero-order chi connectivity index (χ0) is 21.0. The van der Waals surface area contributed by atoms with Gasteiger partial charge in [0.05, 0.1) is 18.5 Å². The van der Waals surface area contributed by atoms with Crippen molar-refractivity contribution < 1.29 is 9.53 Å². The SMILES string of the molecule is CCCOC(=O)C(CC)n1c(CN(CC)CC)nc2sc3c(c2c1=O)CCCC3. The summed E-state index contributed by atoms with van der Waals surface area (Å²) in [4.78, 5) is 35.8. The third-order valence-corrected chi connectivity index (χ3v) is 6.96. The summed E-state index contributed by atoms with van der Waals surface area (Å²) >= 11 is 1.66. The Labute approximate surface area is 176 Å². The Morgan fingerprint density at radius 3 is 2.59 bits per heavy atom. The number of nitrogens with zero attached hydrogens (tertiary/aromatic N) is 3. The first-order valence-electron chi connectivity index (χ1n) is 11.0. The molecule has 0 fully saturated rings. The summed E-state index contributed by atoms with van der Waals surface area (Å²) in [6.45, 7) is 10.8. The van der Waals surface area contributed by atoms with E-state index in [9.17, 15) is 9.59 Å². The maximum Gasteiger partial charge on any atom is 0.329 e. The highest BCUT2D eigenvalue weighted by molar-refractivity contribution is 7.18. The van der Waals surface area contributed by atoms with Crippen LogP contribution in [-0.4, -0.2) is 40.1 Å². The molecule has 2 aromatic heterocycles. The molecular formula is C22H33N3O3S. The Balaban J connectivity index is 2.18. The number of thiophene rings is 1. The van der Waals surface area contributed by atoms with Gasteiger partial charge in [0.15, 0.2) is 0 Å². The molecule has 0 aromatic carbocycles. The number of aromatic nitrogens is 2. The van der Waals surface area contributed by atoms with Gasteiger partial charge in [-0.3, -0.25) is 14.3 Å². The monoisotopic (exact) mass is 419 g/mol. The van der Waals surface area contributed by atoms with Gasteiger partial charge in [-0.25, -0.2) is 9.78 Å². The van der Waals surface area contributed by atoms with Crippen LogP contribution in [0.15, 0.2) is 4.79 Å². The van der Waals surface area contributed by atoms with Gasteiger partial charge in [-0.05, 0) is 57.2 Å². The highest BCUT2D eigenvalue weighted by Gasteiger charge is 2.29. The fourth-order valence-corrected chi connectivity index (χ4v) is 5.36. The fraction of sp³-hybridized carbons (Fsp3) is 0.682. The lowest BCUT2D eigenvalue weighted by Crippen LogP contribution is -2.36. The van der Waals surface area contributed by atoms with Crippen LogP contribution in [0.1, 0.15) is 75.7 Å². The molecule has 2 aromatic rings. The number of fused-ring (bicyclic) bond motifs is 3. The highest BCUT2D eigenvalue weighted by atomic mass is 32.1. The lowest BCUT2D eigenvalue weighted by molar-refractivity contribution is -0.148. The van der Waals surface area contributed by atoms with Gasteiger partial charge in [0.25, 0.3) is 5.56 Å². The van der Waals surface area contributed by atoms with E-state index in [0.717, 1.165) is 54.6 Å². The molecule has 0 saturated carbocycles. The van der Waals surface area contributed by atoms with Crippen LogP contribution in [0.4, 0.5) is 0 Å². The van der Waals surface area contributed by atoms with E-state index in [0.29, 0.717) is 25.4 Å². The molecule has 1 atom stereocenters. The van der Waals surface area contributed by atoms with E-state index in [1.54, 1.807) is 15.9 Å². The van der Waals surface area contributed by atoms with Crippen molar-refractivity contribution in [3.8, 4) is 0 Å². The van der Waals surface area contributed by atoms with Crippen molar-refractivity contribution in [3.63, 3.8) is 0 Å². The van der Waals surface area contributed by atoms with Gasteiger partial charge >= 0.3 is 5.97 Å². The van der Waals surface area contributed by atoms with Crippen LogP contribution in [0, 0.1) is 0 Å². The summed E-state index contributed by atoms with van der Waals surface area (Å²) in [5.41, 5.74) is 1.09. The zero-order valence-electron chi connectivity index (χ0n) is 18.1. The van der Waals surface area contributed by atoms with Crippen molar-refractivity contribution in [1.82, 2.24) is 14.5 Å². The van der Waals surface area contributed by atoms with E-state index < -0.39 is 6.04 Å². The van der Waals surface area contributed by atoms with Gasteiger partial charge in [0.1, 0.15) is 16.7 Å². The predicted molar refractivity (Wildman–Crippen MR) is 118 cm³/mol. The number of ether oxygens (including phenoxy) is 1. The molecule has 1 unspecified atom stereocenters. The molecule has 0 bridgehead atoms. The van der Waals surface area contributed by atoms with E-state index in [4.69, 9.17) is 9.72 Å². The Bertz CT molecular complexity index is 914. The molecule has 0 amide bonds. The molecule has 160 valence electrons. The molecule has 6 nitrogen and oxygen atoms in total. The maximum atomic E-state index is 13.7. The second-order valence-electron chi connectivity index (χ2n) is 7.65. The van der Waals surface area contributed by atoms with E-state index in [2.05, 4.69) is 18.7 Å². The summed E-state index contributed by atoms with van der Waals surface area (Å²) in [6, 6.07) is -0.629. The maximum absolute atomic E-state index is 13.7. The van der Waals surface area contributed by atoms with Gasteiger partial charge < -0.3 is 4.74 Å². The highest BCUT2D eigenvalue weighted by Crippen LogP contribution is 2.34. The summed E-state index contributed by atoms with van der Waals surface area (Å²) in [5, 5.41) is 0.731. The second kappa shape index (κ2) is 9.85. The number of carbonyl (C=O) groups is 1. The average Bonchev–Trinajstić information content (AvgIpc) is 3.11. The number of esters is 1. The van der Waals surface area contributed by atoms with E-state index in [1.807, 2.05) is 13.8 Å². The lowest BCUT2D eigenvalue weighted by atomic mass is 9.97. The van der Waals surface area contributed by atoms with Crippen LogP contribution in [0.3, 0.4) is 0 Å². The van der Waals surface area contributed by atoms with Crippen molar-refractivity contribution in [3.05, 3.63) is 26.6 Å². The molecule has 0 spiro atoms. The minimum atomic E-state index is -0.629. The Morgan fingerprint density at radius 1 is 1.21 bits per heavy atom. The number of rotatable bonds is 9. The summed E-state index contributed by atoms with van der Waals surface area (Å²) in [7, 11) is 0. The smallest absolute Gasteiger partial charge is 0.329 e. The van der Waals surface area contributed by atoms with E-state index >= 15 is 0 Å². The first kappa shape index (κ1) is 22.0. The van der Waals surface area contributed by atoms with Crippen LogP contribution in [-0.2, 0) is 28.9 Å². The molecule has 0 N–H and O–H groups in total. The predicted octanol–water partition coefficient (Wildman–Crippen LogP) is 4.08. The number of hydrogen-bond donors (Lipinski definition) is 0. The van der Waals surface area contributed by atoms with Crippen LogP contribution < -0.4 is 5.56 Å². The normalized spacial score (nSPS) is 14.9. The minimum absolute atomic E-state index is 0.0724. The summed E-state index contributed by atoms with van der Waals surface area (Å²) in [5.74, 6) is 0.340. The first-order valence-corrected chi connectivity index (χ1v) is 11.8. The molecule has 0 radical (unpaired) electrons. The quantitative estimate of drug-likeness (QED) is 0.573. The van der Waals surface area contributed by atoms with Gasteiger partial charge in [-0.15, -0.1) is 11.3 Å². The second-order valence-corrected chi connectivity index (χ2v) is 8.73. The van der Waals surface area contributed by atoms with Crippen LogP contribution in [0.2, 0.25) is 0 Å². The molecule has 7 heteroatoms. The average molecular weight is 420 g/mol. The Kier molecular flexibility index (Phi) is 7.46. The molecule has 3 rings (SSSR count). The number of aryl methyl sites for hydroxylation is 2. The van der Waals surface area contributed by atoms with Crippen molar-refractivity contribution >= 4 is 27.5 Å². The molecule has 1 aliphatic carbocycles. The van der Waals surface area contributed by atoms with Crippen LogP contribution in [0.5, 0.6) is 0 Å². The molecule has 29 heavy (non-hydrogen) atoms. The lowest BCUT2D eigenvalue weighted by Gasteiger charge is -2.24. The number of carbonyl (C=O) groups excluding carboxylic acids is 1. The standard InChI is InChI=1S/C22H33N3O3S/c1-5-13-28-22(27)16(6-2)25-18(14-24(7-3)8-4)23-20-19(21(25)26)15-11-9-10-12-17(15)29-20/h16H,5-14H2,1-4H3. The third kappa shape index (κ3) is 4.40. The van der Waals surface area contributed by atoms with Crippen LogP contribution >= 0.6 is 11.3 Å². The first-order chi connectivity index (χ1) is 14.0. The molecular weight excluding hydrogens is 386 g/mol. The Morgan fingerprint density at radius 2 is 1.93 bits per heavy atom. The summed E-state index contributed by atoms with van der Waals surface area (Å²) in [6.07, 6.45) is 5.50. The molecule has 0 aliphatic heterocycles. The van der Waals surface area contributed by atoms with Crippen molar-refractivity contribution in [2.75, 3.05) is 19.7 Å². The fourth-order valence-electron chi connectivity index (χ4n) is 4.09. The third-order valence-electron chi connectivity index (χ3n) is 5.77. The molecule has 2 heterocycles. The van der Waals surface area contributed by atoms with Crippen molar-refractivity contribution in [1.29, 1.82) is 0 Å². The minimum Gasteiger partial charge on any atom is -0.464 e. The van der Waals surface area contributed by atoms with E-state index in [1.165, 1.54) is 11.3 Å². The van der Waals surface area contributed by atoms with Gasteiger partial charge in [-0.1, -0.05) is 27.7 Å². The van der Waals surface area contributed by atoms with Gasteiger partial charge in [0.2, 0.25) is 0 Å². The number of hydrogen-bond acceptors (Lipinski definition) is 6. The Hall–Kier alpha value is -1.73. The summed E-state index contributed by atoms with van der Waals surface area (Å²) < 4.78 is 7.07. The van der Waals surface area contributed by atoms with Gasteiger partial charge in [0, 0.05) is 4.88 Å². The topological polar surface area (TPSA) is 64.4 Å². The van der Waals surface area contributed by atoms with E-state index in [-0.39, 0.29) is 11.5 Å². The van der Waals surface area contributed by atoms with Gasteiger partial charge in [-0.2, -0.15) is 0 Å². The largest absolute Gasteiger partial charge is 0.464 e.